The number of rotatable bonds is 2. The van der Waals surface area contributed by atoms with E-state index in [1.165, 1.54) is 12.8 Å². The Kier molecular flexibility index (Phi) is 2.40. The molecule has 14 heavy (non-hydrogen) atoms. The summed E-state index contributed by atoms with van der Waals surface area (Å²) in [5.74, 6) is 1.37. The number of hydrogen-bond donors (Lipinski definition) is 0. The minimum absolute atomic E-state index is 0.213. The summed E-state index contributed by atoms with van der Waals surface area (Å²) in [6, 6.07) is 0.510. The van der Waals surface area contributed by atoms with Gasteiger partial charge in [0.2, 0.25) is 0 Å². The van der Waals surface area contributed by atoms with Crippen LogP contribution in [-0.4, -0.2) is 15.3 Å². The number of ketones is 1. The molecule has 0 aliphatic carbocycles. The number of fused-ring (bicyclic) bond motifs is 1. The lowest BCUT2D eigenvalue weighted by Crippen LogP contribution is -2.18. The Morgan fingerprint density at radius 3 is 3.21 bits per heavy atom. The van der Waals surface area contributed by atoms with E-state index in [1.807, 2.05) is 6.20 Å². The average Bonchev–Trinajstić information content (AvgIpc) is 2.49. The average molecular weight is 192 g/mol. The van der Waals surface area contributed by atoms with Crippen molar-refractivity contribution in [1.29, 1.82) is 0 Å². The van der Waals surface area contributed by atoms with Gasteiger partial charge in [0.05, 0.1) is 0 Å². The summed E-state index contributed by atoms with van der Waals surface area (Å²) in [4.78, 5) is 15.4. The van der Waals surface area contributed by atoms with Gasteiger partial charge in [-0.2, -0.15) is 0 Å². The van der Waals surface area contributed by atoms with Crippen molar-refractivity contribution < 1.29 is 4.79 Å². The Morgan fingerprint density at radius 2 is 2.50 bits per heavy atom. The number of carbonyl (C=O) groups is 1. The highest BCUT2D eigenvalue weighted by atomic mass is 16.1. The third-order valence-electron chi connectivity index (χ3n) is 2.84. The predicted molar refractivity (Wildman–Crippen MR) is 54.3 cm³/mol. The summed E-state index contributed by atoms with van der Waals surface area (Å²) >= 11 is 0. The number of aryl methyl sites for hydroxylation is 1. The van der Waals surface area contributed by atoms with Crippen molar-refractivity contribution in [3.8, 4) is 0 Å². The standard InChI is InChI=1S/C11H16N2O/c1-8-4-3-5-11-12-7-10(13(8)11)6-9(2)14/h7-8H,3-6H2,1-2H3. The van der Waals surface area contributed by atoms with Gasteiger partial charge >= 0.3 is 0 Å². The van der Waals surface area contributed by atoms with Crippen molar-refractivity contribution in [3.63, 3.8) is 0 Å². The Balaban J connectivity index is 2.33. The third-order valence-corrected chi connectivity index (χ3v) is 2.84. The molecule has 2 rings (SSSR count). The van der Waals surface area contributed by atoms with Gasteiger partial charge in [0.1, 0.15) is 11.6 Å². The first-order valence-corrected chi connectivity index (χ1v) is 5.23. The Labute approximate surface area is 84.1 Å². The molecule has 0 saturated heterocycles. The summed E-state index contributed by atoms with van der Waals surface area (Å²) in [5, 5.41) is 0. The second-order valence-electron chi connectivity index (χ2n) is 4.16. The molecular formula is C11H16N2O. The van der Waals surface area contributed by atoms with Crippen LogP contribution >= 0.6 is 0 Å². The van der Waals surface area contributed by atoms with E-state index >= 15 is 0 Å². The summed E-state index contributed by atoms with van der Waals surface area (Å²) in [6.45, 7) is 3.83. The quantitative estimate of drug-likeness (QED) is 0.717. The normalized spacial score (nSPS) is 20.6. The van der Waals surface area contributed by atoms with Crippen molar-refractivity contribution in [2.24, 2.45) is 0 Å². The fraction of sp³-hybridized carbons (Fsp3) is 0.636. The van der Waals surface area contributed by atoms with Crippen LogP contribution < -0.4 is 0 Å². The molecule has 0 bridgehead atoms. The lowest BCUT2D eigenvalue weighted by molar-refractivity contribution is -0.116. The molecule has 0 spiro atoms. The van der Waals surface area contributed by atoms with Crippen molar-refractivity contribution in [3.05, 3.63) is 17.7 Å². The fourth-order valence-corrected chi connectivity index (χ4v) is 2.23. The van der Waals surface area contributed by atoms with Crippen molar-refractivity contribution >= 4 is 5.78 Å². The molecule has 1 aromatic heterocycles. The fourth-order valence-electron chi connectivity index (χ4n) is 2.23. The smallest absolute Gasteiger partial charge is 0.135 e. The van der Waals surface area contributed by atoms with E-state index in [1.54, 1.807) is 6.92 Å². The molecule has 1 aliphatic rings. The van der Waals surface area contributed by atoms with E-state index in [0.29, 0.717) is 12.5 Å². The highest BCUT2D eigenvalue weighted by Gasteiger charge is 2.20. The maximum atomic E-state index is 11.1. The Morgan fingerprint density at radius 1 is 1.71 bits per heavy atom. The van der Waals surface area contributed by atoms with Crippen LogP contribution in [0, 0.1) is 0 Å². The van der Waals surface area contributed by atoms with E-state index in [0.717, 1.165) is 17.9 Å². The van der Waals surface area contributed by atoms with Gasteiger partial charge in [0, 0.05) is 30.8 Å². The topological polar surface area (TPSA) is 34.9 Å². The molecule has 0 aromatic carbocycles. The van der Waals surface area contributed by atoms with Gasteiger partial charge in [0.15, 0.2) is 0 Å². The molecule has 0 saturated carbocycles. The van der Waals surface area contributed by atoms with Gasteiger partial charge in [-0.25, -0.2) is 4.98 Å². The largest absolute Gasteiger partial charge is 0.329 e. The molecule has 3 nitrogen and oxygen atoms in total. The monoisotopic (exact) mass is 192 g/mol. The first-order valence-electron chi connectivity index (χ1n) is 5.23. The van der Waals surface area contributed by atoms with Gasteiger partial charge < -0.3 is 4.57 Å². The Bertz CT molecular complexity index is 354. The molecule has 2 heterocycles. The number of imidazole rings is 1. The third kappa shape index (κ3) is 1.59. The first-order chi connectivity index (χ1) is 6.68. The first kappa shape index (κ1) is 9.44. The molecule has 1 aromatic rings. The van der Waals surface area contributed by atoms with Gasteiger partial charge in [-0.3, -0.25) is 4.79 Å². The SMILES string of the molecule is CC(=O)Cc1cnc2n1C(C)CCC2. The summed E-state index contributed by atoms with van der Waals surface area (Å²) in [6.07, 6.45) is 5.87. The van der Waals surface area contributed by atoms with Crippen molar-refractivity contribution in [2.75, 3.05) is 0 Å². The van der Waals surface area contributed by atoms with E-state index in [2.05, 4.69) is 16.5 Å². The lowest BCUT2D eigenvalue weighted by atomic mass is 10.1. The van der Waals surface area contributed by atoms with Crippen LogP contribution in [0.15, 0.2) is 6.20 Å². The van der Waals surface area contributed by atoms with Gasteiger partial charge in [-0.15, -0.1) is 0 Å². The van der Waals surface area contributed by atoms with Crippen LogP contribution in [0.2, 0.25) is 0 Å². The summed E-state index contributed by atoms with van der Waals surface area (Å²) < 4.78 is 2.24. The second kappa shape index (κ2) is 3.56. The van der Waals surface area contributed by atoms with Gasteiger partial charge in [0.25, 0.3) is 0 Å². The van der Waals surface area contributed by atoms with E-state index in [9.17, 15) is 4.79 Å². The lowest BCUT2D eigenvalue weighted by Gasteiger charge is -2.23. The van der Waals surface area contributed by atoms with Crippen LogP contribution in [0.4, 0.5) is 0 Å². The zero-order chi connectivity index (χ0) is 10.1. The second-order valence-corrected chi connectivity index (χ2v) is 4.16. The predicted octanol–water partition coefficient (Wildman–Crippen LogP) is 1.91. The van der Waals surface area contributed by atoms with Gasteiger partial charge in [-0.1, -0.05) is 0 Å². The molecule has 1 atom stereocenters. The molecule has 1 aliphatic heterocycles. The Hall–Kier alpha value is -1.12. The summed E-state index contributed by atoms with van der Waals surface area (Å²) in [7, 11) is 0. The highest BCUT2D eigenvalue weighted by Crippen LogP contribution is 2.25. The number of aromatic nitrogens is 2. The molecule has 0 fully saturated rings. The number of nitrogens with zero attached hydrogens (tertiary/aromatic N) is 2. The maximum absolute atomic E-state index is 11.1. The minimum Gasteiger partial charge on any atom is -0.329 e. The maximum Gasteiger partial charge on any atom is 0.135 e. The zero-order valence-corrected chi connectivity index (χ0v) is 8.79. The van der Waals surface area contributed by atoms with E-state index < -0.39 is 0 Å². The highest BCUT2D eigenvalue weighted by molar-refractivity contribution is 5.77. The molecule has 0 radical (unpaired) electrons. The van der Waals surface area contributed by atoms with Gasteiger partial charge in [-0.05, 0) is 26.7 Å². The molecule has 76 valence electrons. The number of hydrogen-bond acceptors (Lipinski definition) is 2. The summed E-state index contributed by atoms with van der Waals surface area (Å²) in [5.41, 5.74) is 1.08. The minimum atomic E-state index is 0.213. The van der Waals surface area contributed by atoms with Crippen molar-refractivity contribution in [2.45, 2.75) is 45.6 Å². The van der Waals surface area contributed by atoms with Crippen LogP contribution in [0.5, 0.6) is 0 Å². The zero-order valence-electron chi connectivity index (χ0n) is 8.79. The molecule has 1 unspecified atom stereocenters. The molecule has 3 heteroatoms. The van der Waals surface area contributed by atoms with Crippen LogP contribution in [0.1, 0.15) is 44.2 Å². The van der Waals surface area contributed by atoms with Crippen LogP contribution in [0.25, 0.3) is 0 Å². The number of carbonyl (C=O) groups excluding carboxylic acids is 1. The van der Waals surface area contributed by atoms with E-state index in [-0.39, 0.29) is 5.78 Å². The van der Waals surface area contributed by atoms with Crippen LogP contribution in [-0.2, 0) is 17.6 Å². The number of Topliss-reactive ketones (excluding diaryl/α,β-unsaturated/α-hetero) is 1. The van der Waals surface area contributed by atoms with E-state index in [4.69, 9.17) is 0 Å². The van der Waals surface area contributed by atoms with Crippen LogP contribution in [0.3, 0.4) is 0 Å². The molecular weight excluding hydrogens is 176 g/mol. The van der Waals surface area contributed by atoms with Crippen molar-refractivity contribution in [1.82, 2.24) is 9.55 Å². The molecule has 0 N–H and O–H groups in total. The molecule has 0 amide bonds.